The molecule has 1 aliphatic heterocycles. The Morgan fingerprint density at radius 2 is 1.91 bits per heavy atom. The number of nitrogens with zero attached hydrogens (tertiary/aromatic N) is 5. The summed E-state index contributed by atoms with van der Waals surface area (Å²) in [5.41, 5.74) is 9.22. The van der Waals surface area contributed by atoms with Crippen molar-refractivity contribution in [3.8, 4) is 11.3 Å². The molecule has 1 saturated heterocycles. The first-order chi connectivity index (χ1) is 15.6. The van der Waals surface area contributed by atoms with Crippen LogP contribution >= 0.6 is 0 Å². The number of morpholine rings is 1. The van der Waals surface area contributed by atoms with Crippen molar-refractivity contribution < 1.29 is 14.3 Å². The second-order valence-corrected chi connectivity index (χ2v) is 7.58. The summed E-state index contributed by atoms with van der Waals surface area (Å²) in [7, 11) is 1.67. The van der Waals surface area contributed by atoms with Gasteiger partial charge in [-0.3, -0.25) is 19.7 Å². The maximum absolute atomic E-state index is 11.4. The molecule has 1 fully saturated rings. The lowest BCUT2D eigenvalue weighted by Gasteiger charge is -2.33. The van der Waals surface area contributed by atoms with Gasteiger partial charge in [-0.05, 0) is 12.1 Å². The number of aromatic nitrogens is 4. The Kier molecular flexibility index (Phi) is 7.10. The first kappa shape index (κ1) is 21.9. The van der Waals surface area contributed by atoms with Gasteiger partial charge in [-0.15, -0.1) is 0 Å². The molecule has 4 rings (SSSR count). The van der Waals surface area contributed by atoms with E-state index in [2.05, 4.69) is 24.8 Å². The number of hydrogen-bond acceptors (Lipinski definition) is 8. The molecule has 0 bridgehead atoms. The van der Waals surface area contributed by atoms with Crippen LogP contribution in [0.25, 0.3) is 11.3 Å². The molecule has 1 atom stereocenters. The van der Waals surface area contributed by atoms with E-state index >= 15 is 0 Å². The standard InChI is InChI=1S/C23H26N6O3/c1-31-10-6-20-27-12-16(13-28-20)14-29-9-11-32-19(15-29)22-21(25-7-8-26-22)17-2-4-18(5-3-17)23(24)30/h2-5,7-8,12-13,19H,6,9-11,14-15H2,1H3,(H2,24,30)/t19-/m1/s1. The van der Waals surface area contributed by atoms with E-state index in [9.17, 15) is 4.79 Å². The third-order valence-corrected chi connectivity index (χ3v) is 5.32. The van der Waals surface area contributed by atoms with E-state index < -0.39 is 5.91 Å². The van der Waals surface area contributed by atoms with Crippen LogP contribution in [0.1, 0.15) is 33.5 Å². The molecule has 1 amide bonds. The molecule has 9 heteroatoms. The summed E-state index contributed by atoms with van der Waals surface area (Å²) >= 11 is 0. The van der Waals surface area contributed by atoms with Gasteiger partial charge in [-0.1, -0.05) is 12.1 Å². The van der Waals surface area contributed by atoms with E-state index in [0.29, 0.717) is 31.7 Å². The van der Waals surface area contributed by atoms with Crippen molar-refractivity contribution in [1.29, 1.82) is 0 Å². The fourth-order valence-electron chi connectivity index (χ4n) is 3.65. The molecule has 3 aromatic rings. The maximum Gasteiger partial charge on any atom is 0.248 e. The van der Waals surface area contributed by atoms with Gasteiger partial charge in [0.05, 0.1) is 24.6 Å². The second-order valence-electron chi connectivity index (χ2n) is 7.58. The van der Waals surface area contributed by atoms with E-state index in [1.54, 1.807) is 31.6 Å². The number of hydrogen-bond donors (Lipinski definition) is 1. The predicted octanol–water partition coefficient (Wildman–Crippen LogP) is 1.79. The van der Waals surface area contributed by atoms with Crippen molar-refractivity contribution in [3.05, 3.63) is 71.7 Å². The zero-order valence-corrected chi connectivity index (χ0v) is 18.0. The number of primary amides is 1. The fraction of sp³-hybridized carbons (Fsp3) is 0.348. The minimum atomic E-state index is -0.460. The summed E-state index contributed by atoms with van der Waals surface area (Å²) in [5.74, 6) is 0.319. The van der Waals surface area contributed by atoms with Crippen molar-refractivity contribution in [1.82, 2.24) is 24.8 Å². The van der Waals surface area contributed by atoms with Crippen molar-refractivity contribution in [2.45, 2.75) is 19.1 Å². The van der Waals surface area contributed by atoms with Gasteiger partial charge >= 0.3 is 0 Å². The quantitative estimate of drug-likeness (QED) is 0.570. The Balaban J connectivity index is 1.47. The molecular weight excluding hydrogens is 408 g/mol. The normalized spacial score (nSPS) is 16.7. The van der Waals surface area contributed by atoms with Crippen LogP contribution in [0.3, 0.4) is 0 Å². The molecule has 2 N–H and O–H groups in total. The van der Waals surface area contributed by atoms with Crippen LogP contribution in [0.5, 0.6) is 0 Å². The highest BCUT2D eigenvalue weighted by molar-refractivity contribution is 5.93. The Morgan fingerprint density at radius 1 is 1.16 bits per heavy atom. The summed E-state index contributed by atoms with van der Waals surface area (Å²) in [6.07, 6.45) is 7.56. The van der Waals surface area contributed by atoms with Crippen LogP contribution in [0.4, 0.5) is 0 Å². The highest BCUT2D eigenvalue weighted by Gasteiger charge is 2.26. The smallest absolute Gasteiger partial charge is 0.248 e. The average molecular weight is 435 g/mol. The lowest BCUT2D eigenvalue weighted by molar-refractivity contribution is -0.0349. The van der Waals surface area contributed by atoms with Crippen LogP contribution in [0.2, 0.25) is 0 Å². The molecule has 0 unspecified atom stereocenters. The molecule has 1 aromatic carbocycles. The number of ether oxygens (including phenoxy) is 2. The zero-order valence-electron chi connectivity index (χ0n) is 18.0. The maximum atomic E-state index is 11.4. The topological polar surface area (TPSA) is 116 Å². The minimum Gasteiger partial charge on any atom is -0.384 e. The molecule has 9 nitrogen and oxygen atoms in total. The summed E-state index contributed by atoms with van der Waals surface area (Å²) < 4.78 is 11.1. The Bertz CT molecular complexity index is 1040. The summed E-state index contributed by atoms with van der Waals surface area (Å²) in [5, 5.41) is 0. The van der Waals surface area contributed by atoms with Crippen molar-refractivity contribution in [3.63, 3.8) is 0 Å². The van der Waals surface area contributed by atoms with E-state index in [1.165, 1.54) is 0 Å². The molecule has 1 aliphatic rings. The van der Waals surface area contributed by atoms with Crippen LogP contribution in [-0.4, -0.2) is 64.2 Å². The van der Waals surface area contributed by atoms with E-state index in [4.69, 9.17) is 15.2 Å². The third-order valence-electron chi connectivity index (χ3n) is 5.32. The zero-order chi connectivity index (χ0) is 22.3. The molecule has 0 saturated carbocycles. The lowest BCUT2D eigenvalue weighted by Crippen LogP contribution is -2.38. The highest BCUT2D eigenvalue weighted by atomic mass is 16.5. The molecule has 2 aromatic heterocycles. The molecule has 0 spiro atoms. The number of carbonyl (C=O) groups is 1. The van der Waals surface area contributed by atoms with Gasteiger partial charge in [-0.2, -0.15) is 0 Å². The minimum absolute atomic E-state index is 0.217. The van der Waals surface area contributed by atoms with Gasteiger partial charge in [0.2, 0.25) is 5.91 Å². The SMILES string of the molecule is COCCc1ncc(CN2CCO[C@@H](c3nccnc3-c3ccc(C(N)=O)cc3)C2)cn1. The summed E-state index contributed by atoms with van der Waals surface area (Å²) in [6, 6.07) is 7.05. The van der Waals surface area contributed by atoms with Gasteiger partial charge in [-0.25, -0.2) is 9.97 Å². The van der Waals surface area contributed by atoms with Crippen LogP contribution in [0.15, 0.2) is 49.1 Å². The fourth-order valence-corrected chi connectivity index (χ4v) is 3.65. The van der Waals surface area contributed by atoms with Gasteiger partial charge in [0.1, 0.15) is 11.9 Å². The predicted molar refractivity (Wildman–Crippen MR) is 118 cm³/mol. The van der Waals surface area contributed by atoms with Crippen LogP contribution in [0, 0.1) is 0 Å². The second kappa shape index (κ2) is 10.4. The number of rotatable bonds is 8. The molecule has 32 heavy (non-hydrogen) atoms. The van der Waals surface area contributed by atoms with Gasteiger partial charge in [0.25, 0.3) is 0 Å². The van der Waals surface area contributed by atoms with Crippen LogP contribution in [-0.2, 0) is 22.4 Å². The van der Waals surface area contributed by atoms with E-state index in [1.807, 2.05) is 24.5 Å². The highest BCUT2D eigenvalue weighted by Crippen LogP contribution is 2.29. The average Bonchev–Trinajstić information content (AvgIpc) is 2.84. The third kappa shape index (κ3) is 5.31. The molecule has 0 radical (unpaired) electrons. The van der Waals surface area contributed by atoms with Crippen molar-refractivity contribution in [2.24, 2.45) is 5.73 Å². The van der Waals surface area contributed by atoms with Gasteiger partial charge in [0, 0.05) is 74.6 Å². The Labute approximate surface area is 186 Å². The van der Waals surface area contributed by atoms with E-state index in [0.717, 1.165) is 41.4 Å². The molecule has 166 valence electrons. The Morgan fingerprint density at radius 3 is 2.62 bits per heavy atom. The van der Waals surface area contributed by atoms with Crippen molar-refractivity contribution in [2.75, 3.05) is 33.4 Å². The summed E-state index contributed by atoms with van der Waals surface area (Å²) in [6.45, 7) is 3.42. The van der Waals surface area contributed by atoms with Crippen LogP contribution < -0.4 is 5.73 Å². The Hall–Kier alpha value is -3.27. The molecule has 0 aliphatic carbocycles. The number of carbonyl (C=O) groups excluding carboxylic acids is 1. The van der Waals surface area contributed by atoms with E-state index in [-0.39, 0.29) is 6.10 Å². The van der Waals surface area contributed by atoms with Gasteiger partial charge < -0.3 is 15.2 Å². The number of amides is 1. The first-order valence-electron chi connectivity index (χ1n) is 10.5. The van der Waals surface area contributed by atoms with Crippen molar-refractivity contribution >= 4 is 5.91 Å². The summed E-state index contributed by atoms with van der Waals surface area (Å²) in [4.78, 5) is 31.6. The largest absolute Gasteiger partial charge is 0.384 e. The molecule has 3 heterocycles. The number of benzene rings is 1. The number of nitrogens with two attached hydrogens (primary N) is 1. The first-order valence-corrected chi connectivity index (χ1v) is 10.5. The lowest BCUT2D eigenvalue weighted by atomic mass is 10.0. The van der Waals surface area contributed by atoms with Gasteiger partial charge in [0.15, 0.2) is 0 Å². The number of methoxy groups -OCH3 is 1. The molecular formula is C23H26N6O3. The monoisotopic (exact) mass is 434 g/mol.